The molecule has 7 nitrogen and oxygen atoms in total. The van der Waals surface area contributed by atoms with Gasteiger partial charge in [0.15, 0.2) is 0 Å². The number of aromatic nitrogens is 2. The SMILES string of the molecule is COc1cc(OCC[C@H](O)N2CCC(O)(c3cncc4ccccc34)CC2)c2cc[nH]c2c1Cl. The second-order valence-corrected chi connectivity index (χ2v) is 9.13. The molecule has 0 aliphatic carbocycles. The third-order valence-electron chi connectivity index (χ3n) is 6.78. The Kier molecular flexibility index (Phi) is 6.36. The molecule has 2 aromatic carbocycles. The highest BCUT2D eigenvalue weighted by molar-refractivity contribution is 6.36. The minimum Gasteiger partial charge on any atom is -0.495 e. The summed E-state index contributed by atoms with van der Waals surface area (Å²) in [6.45, 7) is 1.50. The fourth-order valence-corrected chi connectivity index (χ4v) is 5.10. The van der Waals surface area contributed by atoms with Gasteiger partial charge >= 0.3 is 0 Å². The van der Waals surface area contributed by atoms with Crippen LogP contribution in [0.25, 0.3) is 21.7 Å². The van der Waals surface area contributed by atoms with E-state index >= 15 is 0 Å². The van der Waals surface area contributed by atoms with Gasteiger partial charge in [0.05, 0.1) is 24.8 Å². The number of halogens is 1. The fraction of sp³-hybridized carbons (Fsp3) is 0.346. The highest BCUT2D eigenvalue weighted by atomic mass is 35.5. The predicted molar refractivity (Wildman–Crippen MR) is 132 cm³/mol. The molecule has 1 saturated heterocycles. The molecule has 0 unspecified atom stereocenters. The number of aliphatic hydroxyl groups excluding tert-OH is 1. The van der Waals surface area contributed by atoms with Crippen molar-refractivity contribution < 1.29 is 19.7 Å². The van der Waals surface area contributed by atoms with Gasteiger partial charge in [0.25, 0.3) is 0 Å². The van der Waals surface area contributed by atoms with Crippen LogP contribution in [0.1, 0.15) is 24.8 Å². The van der Waals surface area contributed by atoms with E-state index in [2.05, 4.69) is 9.97 Å². The summed E-state index contributed by atoms with van der Waals surface area (Å²) >= 11 is 6.36. The monoisotopic (exact) mass is 481 g/mol. The van der Waals surface area contributed by atoms with Crippen LogP contribution in [0, 0.1) is 0 Å². The van der Waals surface area contributed by atoms with E-state index in [1.165, 1.54) is 0 Å². The second kappa shape index (κ2) is 9.43. The van der Waals surface area contributed by atoms with Crippen LogP contribution in [0.5, 0.6) is 11.5 Å². The summed E-state index contributed by atoms with van der Waals surface area (Å²) in [6, 6.07) is 11.7. The summed E-state index contributed by atoms with van der Waals surface area (Å²) in [4.78, 5) is 9.43. The average Bonchev–Trinajstić information content (AvgIpc) is 3.36. The van der Waals surface area contributed by atoms with Gasteiger partial charge < -0.3 is 24.7 Å². The number of H-pyrrole nitrogens is 1. The summed E-state index contributed by atoms with van der Waals surface area (Å²) in [5.41, 5.74) is 0.658. The Balaban J connectivity index is 1.21. The molecule has 1 fully saturated rings. The van der Waals surface area contributed by atoms with E-state index in [1.807, 2.05) is 41.4 Å². The Labute approximate surface area is 202 Å². The molecule has 1 atom stereocenters. The summed E-state index contributed by atoms with van der Waals surface area (Å²) in [5, 5.41) is 25.6. The second-order valence-electron chi connectivity index (χ2n) is 8.75. The summed E-state index contributed by atoms with van der Waals surface area (Å²) < 4.78 is 11.3. The van der Waals surface area contributed by atoms with E-state index in [1.54, 1.807) is 25.6 Å². The predicted octanol–water partition coefficient (Wildman–Crippen LogP) is 4.45. The van der Waals surface area contributed by atoms with E-state index < -0.39 is 11.8 Å². The number of ether oxygens (including phenoxy) is 2. The largest absolute Gasteiger partial charge is 0.495 e. The number of hydrogen-bond donors (Lipinski definition) is 3. The molecule has 1 aliphatic rings. The molecule has 1 aliphatic heterocycles. The van der Waals surface area contributed by atoms with Crippen LogP contribution >= 0.6 is 11.6 Å². The molecule has 0 spiro atoms. The number of nitrogens with one attached hydrogen (secondary N) is 1. The molecular formula is C26H28ClN3O4. The van der Waals surface area contributed by atoms with Crippen molar-refractivity contribution in [2.75, 3.05) is 26.8 Å². The number of rotatable bonds is 7. The van der Waals surface area contributed by atoms with Crippen molar-refractivity contribution in [3.05, 3.63) is 65.6 Å². The van der Waals surface area contributed by atoms with Crippen molar-refractivity contribution >= 4 is 33.3 Å². The molecule has 3 N–H and O–H groups in total. The first-order valence-electron chi connectivity index (χ1n) is 11.4. The minimum absolute atomic E-state index is 0.334. The molecule has 34 heavy (non-hydrogen) atoms. The van der Waals surface area contributed by atoms with Gasteiger partial charge in [-0.05, 0) is 24.3 Å². The number of nitrogens with zero attached hydrogens (tertiary/aromatic N) is 2. The zero-order valence-corrected chi connectivity index (χ0v) is 19.8. The highest BCUT2D eigenvalue weighted by Gasteiger charge is 2.37. The van der Waals surface area contributed by atoms with E-state index in [0.29, 0.717) is 55.5 Å². The standard InChI is InChI=1S/C26H28ClN3O4/c1-33-22-14-21(19-6-10-29-25(19)24(22)27)34-13-7-23(31)30-11-8-26(32,9-12-30)20-16-28-15-17-4-2-3-5-18(17)20/h2-6,10,14-16,23,29,31-32H,7-9,11-13H2,1H3/t23-/m0/s1. The van der Waals surface area contributed by atoms with Crippen LogP contribution in [-0.4, -0.2) is 58.1 Å². The molecule has 3 heterocycles. The molecule has 0 bridgehead atoms. The highest BCUT2D eigenvalue weighted by Crippen LogP contribution is 2.39. The first kappa shape index (κ1) is 22.9. The lowest BCUT2D eigenvalue weighted by atomic mass is 9.83. The van der Waals surface area contributed by atoms with Crippen LogP contribution in [0.15, 0.2) is 55.0 Å². The maximum Gasteiger partial charge on any atom is 0.143 e. The summed E-state index contributed by atoms with van der Waals surface area (Å²) in [6.07, 6.45) is 6.22. The number of aliphatic hydroxyl groups is 2. The first-order valence-corrected chi connectivity index (χ1v) is 11.8. The van der Waals surface area contributed by atoms with Gasteiger partial charge in [-0.1, -0.05) is 35.9 Å². The molecule has 8 heteroatoms. The van der Waals surface area contributed by atoms with Crippen molar-refractivity contribution in [3.63, 3.8) is 0 Å². The van der Waals surface area contributed by atoms with Crippen molar-refractivity contribution in [2.24, 2.45) is 0 Å². The van der Waals surface area contributed by atoms with E-state index in [0.717, 1.165) is 27.2 Å². The van der Waals surface area contributed by atoms with Crippen molar-refractivity contribution in [2.45, 2.75) is 31.1 Å². The van der Waals surface area contributed by atoms with Gasteiger partial charge in [-0.2, -0.15) is 0 Å². The van der Waals surface area contributed by atoms with Gasteiger partial charge in [-0.25, -0.2) is 0 Å². The summed E-state index contributed by atoms with van der Waals surface area (Å²) in [7, 11) is 1.56. The van der Waals surface area contributed by atoms with Gasteiger partial charge in [-0.3, -0.25) is 9.88 Å². The lowest BCUT2D eigenvalue weighted by molar-refractivity contribution is -0.0814. The smallest absolute Gasteiger partial charge is 0.143 e. The zero-order chi connectivity index (χ0) is 23.7. The van der Waals surface area contributed by atoms with Gasteiger partial charge in [0.2, 0.25) is 0 Å². The normalized spacial score (nSPS) is 17.2. The molecule has 4 aromatic rings. The first-order chi connectivity index (χ1) is 16.5. The molecule has 5 rings (SSSR count). The van der Waals surface area contributed by atoms with Crippen LogP contribution in [0.2, 0.25) is 5.02 Å². The number of piperidine rings is 1. The zero-order valence-electron chi connectivity index (χ0n) is 19.0. The van der Waals surface area contributed by atoms with E-state index in [-0.39, 0.29) is 0 Å². The molecular weight excluding hydrogens is 454 g/mol. The fourth-order valence-electron chi connectivity index (χ4n) is 4.81. The number of benzene rings is 2. The maximum absolute atomic E-state index is 11.4. The molecule has 178 valence electrons. The molecule has 0 amide bonds. The molecule has 2 aromatic heterocycles. The van der Waals surface area contributed by atoms with Gasteiger partial charge in [0.1, 0.15) is 22.7 Å². The third kappa shape index (κ3) is 4.20. The molecule has 0 saturated carbocycles. The van der Waals surface area contributed by atoms with Crippen LogP contribution in [0.4, 0.5) is 0 Å². The minimum atomic E-state index is -0.958. The van der Waals surface area contributed by atoms with Crippen LogP contribution in [0.3, 0.4) is 0 Å². The van der Waals surface area contributed by atoms with E-state index in [9.17, 15) is 10.2 Å². The number of likely N-dealkylation sites (tertiary alicyclic amines) is 1. The van der Waals surface area contributed by atoms with Crippen molar-refractivity contribution in [1.29, 1.82) is 0 Å². The van der Waals surface area contributed by atoms with Crippen molar-refractivity contribution in [1.82, 2.24) is 14.9 Å². The Morgan fingerprint density at radius 1 is 1.15 bits per heavy atom. The Morgan fingerprint density at radius 3 is 2.74 bits per heavy atom. The third-order valence-corrected chi connectivity index (χ3v) is 7.16. The Bertz CT molecular complexity index is 1290. The number of aromatic amines is 1. The topological polar surface area (TPSA) is 90.8 Å². The number of hydrogen-bond acceptors (Lipinski definition) is 6. The van der Waals surface area contributed by atoms with Gasteiger partial charge in [-0.15, -0.1) is 0 Å². The van der Waals surface area contributed by atoms with E-state index in [4.69, 9.17) is 21.1 Å². The van der Waals surface area contributed by atoms with Crippen molar-refractivity contribution in [3.8, 4) is 11.5 Å². The lowest BCUT2D eigenvalue weighted by Crippen LogP contribution is -2.47. The maximum atomic E-state index is 11.4. The quantitative estimate of drug-likeness (QED) is 0.361. The summed E-state index contributed by atoms with van der Waals surface area (Å²) in [5.74, 6) is 1.19. The average molecular weight is 482 g/mol. The Hall–Kier alpha value is -2.84. The lowest BCUT2D eigenvalue weighted by Gasteiger charge is -2.40. The number of pyridine rings is 1. The Morgan fingerprint density at radius 2 is 1.94 bits per heavy atom. The van der Waals surface area contributed by atoms with Crippen LogP contribution < -0.4 is 9.47 Å². The number of fused-ring (bicyclic) bond motifs is 2. The molecule has 0 radical (unpaired) electrons. The number of methoxy groups -OCH3 is 1. The van der Waals surface area contributed by atoms with Crippen LogP contribution in [-0.2, 0) is 5.60 Å². The van der Waals surface area contributed by atoms with Gasteiger partial charge in [0, 0.05) is 60.5 Å².